The van der Waals surface area contributed by atoms with Crippen LogP contribution in [0.4, 0.5) is 17.1 Å². The number of hydrogen-bond acceptors (Lipinski definition) is 2. The number of para-hydroxylation sites is 5. The predicted molar refractivity (Wildman–Crippen MR) is 240 cm³/mol. The molecule has 0 N–H and O–H groups in total. The summed E-state index contributed by atoms with van der Waals surface area (Å²) in [7, 11) is 0. The van der Waals surface area contributed by atoms with Gasteiger partial charge >= 0.3 is 0 Å². The minimum atomic E-state index is -0.749. The highest BCUT2D eigenvalue weighted by Crippen LogP contribution is 2.63. The first-order valence-corrected chi connectivity index (χ1v) is 19.9. The standard InChI is InChI=1S/C55H36N2O/c1-6-20-37(21-7-1)55(38-22-8-2-9-23-38)46-36-42(56(39-24-10-3-11-25-39)40-26-12-4-13-27-40)34-35-43(46)51-52(55)54-50(45-31-17-19-33-48(45)58-54)49-44-30-16-18-32-47(44)57(53(49)51)41-28-14-5-15-29-41/h1-36H. The molecular formula is C55H36N2O. The van der Waals surface area contributed by atoms with Crippen LogP contribution in [0.2, 0.25) is 0 Å². The Kier molecular flexibility index (Phi) is 7.14. The minimum absolute atomic E-state index is 0.749. The van der Waals surface area contributed by atoms with Gasteiger partial charge in [-0.1, -0.05) is 158 Å². The molecule has 0 radical (unpaired) electrons. The van der Waals surface area contributed by atoms with Gasteiger partial charge in [0.25, 0.3) is 0 Å². The van der Waals surface area contributed by atoms with Crippen LogP contribution in [-0.2, 0) is 5.41 Å². The molecule has 0 aliphatic heterocycles. The maximum absolute atomic E-state index is 7.29. The molecule has 11 aromatic rings. The van der Waals surface area contributed by atoms with Crippen molar-refractivity contribution in [2.75, 3.05) is 4.90 Å². The summed E-state index contributed by atoms with van der Waals surface area (Å²) in [4.78, 5) is 2.37. The lowest BCUT2D eigenvalue weighted by atomic mass is 9.67. The summed E-state index contributed by atoms with van der Waals surface area (Å²) in [6, 6.07) is 78.9. The Hall–Kier alpha value is -7.62. The first-order valence-electron chi connectivity index (χ1n) is 19.9. The second-order valence-electron chi connectivity index (χ2n) is 15.2. The zero-order valence-corrected chi connectivity index (χ0v) is 31.6. The van der Waals surface area contributed by atoms with Gasteiger partial charge in [-0.2, -0.15) is 0 Å². The average molecular weight is 741 g/mol. The fourth-order valence-corrected chi connectivity index (χ4v) is 9.97. The van der Waals surface area contributed by atoms with Crippen LogP contribution in [0.5, 0.6) is 0 Å². The Bertz CT molecular complexity index is 3230. The van der Waals surface area contributed by atoms with E-state index in [2.05, 4.69) is 228 Å². The summed E-state index contributed by atoms with van der Waals surface area (Å²) in [5.74, 6) is 0. The van der Waals surface area contributed by atoms with Gasteiger partial charge in [-0.05, 0) is 82.9 Å². The highest BCUT2D eigenvalue weighted by atomic mass is 16.3. The van der Waals surface area contributed by atoms with E-state index in [-0.39, 0.29) is 0 Å². The lowest BCUT2D eigenvalue weighted by Gasteiger charge is -2.35. The first kappa shape index (κ1) is 32.6. The molecule has 272 valence electrons. The van der Waals surface area contributed by atoms with Crippen molar-refractivity contribution in [3.05, 3.63) is 241 Å². The van der Waals surface area contributed by atoms with Gasteiger partial charge in [-0.15, -0.1) is 0 Å². The zero-order valence-electron chi connectivity index (χ0n) is 31.6. The zero-order chi connectivity index (χ0) is 38.2. The Morgan fingerprint density at radius 2 is 0.983 bits per heavy atom. The van der Waals surface area contributed by atoms with E-state index >= 15 is 0 Å². The average Bonchev–Trinajstić information content (AvgIpc) is 3.95. The molecule has 2 aromatic heterocycles. The van der Waals surface area contributed by atoms with Crippen LogP contribution >= 0.6 is 0 Å². The normalized spacial score (nSPS) is 13.0. The van der Waals surface area contributed by atoms with E-state index in [1.807, 2.05) is 0 Å². The van der Waals surface area contributed by atoms with Gasteiger partial charge in [-0.3, -0.25) is 0 Å². The SMILES string of the molecule is c1ccc(N(c2ccccc2)c2ccc3c(c2)C(c2ccccc2)(c2ccccc2)c2c-3c3c(c4ccccc4n3-c3ccccc3)c3c2oc2ccccc23)cc1. The molecule has 3 heteroatoms. The van der Waals surface area contributed by atoms with Crippen molar-refractivity contribution in [1.29, 1.82) is 0 Å². The Morgan fingerprint density at radius 3 is 1.62 bits per heavy atom. The summed E-state index contributed by atoms with van der Waals surface area (Å²) in [5.41, 5.74) is 15.0. The molecule has 0 saturated heterocycles. The van der Waals surface area contributed by atoms with Gasteiger partial charge in [0.15, 0.2) is 0 Å². The van der Waals surface area contributed by atoms with Crippen molar-refractivity contribution in [1.82, 2.24) is 4.57 Å². The van der Waals surface area contributed by atoms with Crippen LogP contribution in [0.3, 0.4) is 0 Å². The molecule has 0 fully saturated rings. The van der Waals surface area contributed by atoms with Crippen LogP contribution in [0.25, 0.3) is 60.6 Å². The number of rotatable bonds is 6. The third kappa shape index (κ3) is 4.50. The predicted octanol–water partition coefficient (Wildman–Crippen LogP) is 14.5. The smallest absolute Gasteiger partial charge is 0.141 e. The lowest BCUT2D eigenvalue weighted by Crippen LogP contribution is -2.29. The summed E-state index contributed by atoms with van der Waals surface area (Å²) in [6.07, 6.45) is 0. The van der Waals surface area contributed by atoms with Crippen LogP contribution in [0.1, 0.15) is 22.3 Å². The quantitative estimate of drug-likeness (QED) is 0.169. The van der Waals surface area contributed by atoms with E-state index in [4.69, 9.17) is 4.42 Å². The largest absolute Gasteiger partial charge is 0.456 e. The molecule has 0 spiro atoms. The number of benzene rings is 9. The van der Waals surface area contributed by atoms with E-state index in [1.54, 1.807) is 0 Å². The molecule has 9 aromatic carbocycles. The Labute approximate surface area is 336 Å². The third-order valence-corrected chi connectivity index (χ3v) is 12.2. The van der Waals surface area contributed by atoms with Crippen molar-refractivity contribution in [3.63, 3.8) is 0 Å². The van der Waals surface area contributed by atoms with Gasteiger partial charge in [0.2, 0.25) is 0 Å². The minimum Gasteiger partial charge on any atom is -0.456 e. The number of anilines is 3. The van der Waals surface area contributed by atoms with Gasteiger partial charge in [0.1, 0.15) is 11.2 Å². The third-order valence-electron chi connectivity index (χ3n) is 12.2. The number of furan rings is 1. The van der Waals surface area contributed by atoms with Gasteiger partial charge in [0.05, 0.1) is 16.4 Å². The molecule has 1 aliphatic carbocycles. The van der Waals surface area contributed by atoms with Crippen LogP contribution in [-0.4, -0.2) is 4.57 Å². The summed E-state index contributed by atoms with van der Waals surface area (Å²) >= 11 is 0. The van der Waals surface area contributed by atoms with Crippen LogP contribution in [0, 0.1) is 0 Å². The van der Waals surface area contributed by atoms with Crippen LogP contribution < -0.4 is 4.90 Å². The summed E-state index contributed by atoms with van der Waals surface area (Å²) in [5, 5.41) is 4.68. The molecule has 0 atom stereocenters. The van der Waals surface area contributed by atoms with Crippen molar-refractivity contribution in [2.45, 2.75) is 5.41 Å². The topological polar surface area (TPSA) is 21.3 Å². The Balaban J connectivity index is 1.33. The number of aromatic nitrogens is 1. The fraction of sp³-hybridized carbons (Fsp3) is 0.0182. The molecule has 1 aliphatic rings. The molecule has 58 heavy (non-hydrogen) atoms. The van der Waals surface area contributed by atoms with Crippen molar-refractivity contribution >= 4 is 60.8 Å². The van der Waals surface area contributed by atoms with Gasteiger partial charge in [-0.25, -0.2) is 0 Å². The van der Waals surface area contributed by atoms with Gasteiger partial charge in [0, 0.05) is 55.4 Å². The molecule has 12 rings (SSSR count). The molecule has 0 unspecified atom stereocenters. The van der Waals surface area contributed by atoms with Crippen molar-refractivity contribution in [2.24, 2.45) is 0 Å². The molecule has 2 heterocycles. The highest BCUT2D eigenvalue weighted by molar-refractivity contribution is 6.32. The summed E-state index contributed by atoms with van der Waals surface area (Å²) < 4.78 is 9.79. The second-order valence-corrected chi connectivity index (χ2v) is 15.2. The van der Waals surface area contributed by atoms with Crippen LogP contribution in [0.15, 0.2) is 223 Å². The van der Waals surface area contributed by atoms with Gasteiger partial charge < -0.3 is 13.9 Å². The Morgan fingerprint density at radius 1 is 0.448 bits per heavy atom. The first-order chi connectivity index (χ1) is 28.8. The second kappa shape index (κ2) is 12.7. The number of fused-ring (bicyclic) bond motifs is 12. The maximum atomic E-state index is 7.29. The van der Waals surface area contributed by atoms with Crippen molar-refractivity contribution in [3.8, 4) is 16.8 Å². The maximum Gasteiger partial charge on any atom is 0.141 e. The van der Waals surface area contributed by atoms with E-state index < -0.39 is 5.41 Å². The molecule has 0 amide bonds. The lowest BCUT2D eigenvalue weighted by molar-refractivity contribution is 0.650. The molecular weight excluding hydrogens is 705 g/mol. The number of hydrogen-bond donors (Lipinski definition) is 0. The summed E-state index contributed by atoms with van der Waals surface area (Å²) in [6.45, 7) is 0. The molecule has 0 saturated carbocycles. The molecule has 3 nitrogen and oxygen atoms in total. The number of nitrogens with zero attached hydrogens (tertiary/aromatic N) is 2. The molecule has 0 bridgehead atoms. The highest BCUT2D eigenvalue weighted by Gasteiger charge is 2.50. The monoisotopic (exact) mass is 740 g/mol. The van der Waals surface area contributed by atoms with E-state index in [1.165, 1.54) is 49.7 Å². The van der Waals surface area contributed by atoms with Crippen molar-refractivity contribution < 1.29 is 4.42 Å². The van der Waals surface area contributed by atoms with E-state index in [9.17, 15) is 0 Å². The van der Waals surface area contributed by atoms with E-state index in [0.29, 0.717) is 0 Å². The fourth-order valence-electron chi connectivity index (χ4n) is 9.97. The van der Waals surface area contributed by atoms with E-state index in [0.717, 1.165) is 50.2 Å².